The summed E-state index contributed by atoms with van der Waals surface area (Å²) in [5, 5.41) is 2.39. The fraction of sp³-hybridized carbons (Fsp3) is 0.381. The van der Waals surface area contributed by atoms with Gasteiger partial charge in [0.1, 0.15) is 0 Å². The van der Waals surface area contributed by atoms with Crippen molar-refractivity contribution in [2.24, 2.45) is 0 Å². The van der Waals surface area contributed by atoms with E-state index < -0.39 is 27.7 Å². The van der Waals surface area contributed by atoms with Gasteiger partial charge in [-0.15, -0.1) is 0 Å². The number of halogens is 3. The molecule has 0 atom stereocenters. The molecule has 1 amide bonds. The summed E-state index contributed by atoms with van der Waals surface area (Å²) in [6, 6.07) is 9.72. The van der Waals surface area contributed by atoms with Gasteiger partial charge in [-0.25, -0.2) is 8.42 Å². The fourth-order valence-electron chi connectivity index (χ4n) is 3.58. The Morgan fingerprint density at radius 1 is 1.03 bits per heavy atom. The van der Waals surface area contributed by atoms with E-state index in [4.69, 9.17) is 0 Å². The zero-order chi connectivity index (χ0) is 21.9. The highest BCUT2D eigenvalue weighted by atomic mass is 32.2. The lowest BCUT2D eigenvalue weighted by molar-refractivity contribution is -0.137. The molecule has 0 spiro atoms. The van der Waals surface area contributed by atoms with Crippen LogP contribution in [0.25, 0.3) is 0 Å². The van der Waals surface area contributed by atoms with E-state index in [1.54, 1.807) is 7.05 Å². The minimum absolute atomic E-state index is 0.0211. The number of carbonyl (C=O) groups excluding carboxylic acids is 1. The van der Waals surface area contributed by atoms with Crippen molar-refractivity contribution >= 4 is 21.6 Å². The molecule has 1 aliphatic rings. The van der Waals surface area contributed by atoms with Crippen LogP contribution in [0.3, 0.4) is 0 Å². The normalized spacial score (nSPS) is 15.9. The third-order valence-corrected chi connectivity index (χ3v) is 7.22. The Balaban J connectivity index is 1.80. The first-order valence-electron chi connectivity index (χ1n) is 9.66. The van der Waals surface area contributed by atoms with Crippen molar-refractivity contribution in [3.8, 4) is 0 Å². The predicted octanol–water partition coefficient (Wildman–Crippen LogP) is 4.91. The number of nitrogens with zero attached hydrogens (tertiary/aromatic N) is 1. The van der Waals surface area contributed by atoms with E-state index in [0.717, 1.165) is 44.2 Å². The zero-order valence-electron chi connectivity index (χ0n) is 16.4. The van der Waals surface area contributed by atoms with Crippen molar-refractivity contribution in [3.63, 3.8) is 0 Å². The van der Waals surface area contributed by atoms with Crippen LogP contribution in [0.15, 0.2) is 53.4 Å². The number of benzene rings is 2. The molecule has 1 aliphatic carbocycles. The molecule has 0 heterocycles. The standard InChI is InChI=1S/C21H23F3N2O3S/c1-26(18-10-3-2-4-11-18)30(28,29)19-12-5-7-15(13-19)20(27)25-17-9-6-8-16(14-17)21(22,23)24/h5-9,12-14,18H,2-4,10-11H2,1H3,(H,25,27). The molecule has 3 rings (SSSR count). The van der Waals surface area contributed by atoms with Crippen LogP contribution in [0.5, 0.6) is 0 Å². The summed E-state index contributed by atoms with van der Waals surface area (Å²) in [6.45, 7) is 0. The highest BCUT2D eigenvalue weighted by Gasteiger charge is 2.31. The van der Waals surface area contributed by atoms with Crippen molar-refractivity contribution in [2.75, 3.05) is 12.4 Å². The second kappa shape index (κ2) is 8.77. The van der Waals surface area contributed by atoms with Gasteiger partial charge in [-0.05, 0) is 49.2 Å². The number of hydrogen-bond acceptors (Lipinski definition) is 3. The highest BCUT2D eigenvalue weighted by Crippen LogP contribution is 2.31. The van der Waals surface area contributed by atoms with E-state index in [2.05, 4.69) is 5.32 Å². The van der Waals surface area contributed by atoms with Gasteiger partial charge in [-0.1, -0.05) is 31.4 Å². The van der Waals surface area contributed by atoms with E-state index in [-0.39, 0.29) is 22.2 Å². The molecule has 5 nitrogen and oxygen atoms in total. The van der Waals surface area contributed by atoms with Crippen molar-refractivity contribution in [1.82, 2.24) is 4.31 Å². The number of carbonyl (C=O) groups is 1. The third kappa shape index (κ3) is 5.02. The number of amides is 1. The fourth-order valence-corrected chi connectivity index (χ4v) is 5.04. The lowest BCUT2D eigenvalue weighted by Gasteiger charge is -2.30. The highest BCUT2D eigenvalue weighted by molar-refractivity contribution is 7.89. The zero-order valence-corrected chi connectivity index (χ0v) is 17.3. The van der Waals surface area contributed by atoms with Crippen LogP contribution in [0.1, 0.15) is 48.0 Å². The molecule has 0 aliphatic heterocycles. The smallest absolute Gasteiger partial charge is 0.322 e. The van der Waals surface area contributed by atoms with Gasteiger partial charge in [0.2, 0.25) is 10.0 Å². The van der Waals surface area contributed by atoms with Crippen LogP contribution in [-0.4, -0.2) is 31.7 Å². The summed E-state index contributed by atoms with van der Waals surface area (Å²) < 4.78 is 65.9. The Morgan fingerprint density at radius 2 is 1.70 bits per heavy atom. The first kappa shape index (κ1) is 22.3. The average molecular weight is 440 g/mol. The molecule has 0 unspecified atom stereocenters. The lowest BCUT2D eigenvalue weighted by atomic mass is 9.96. The van der Waals surface area contributed by atoms with Crippen LogP contribution < -0.4 is 5.32 Å². The van der Waals surface area contributed by atoms with Crippen molar-refractivity contribution in [2.45, 2.75) is 49.2 Å². The minimum Gasteiger partial charge on any atom is -0.322 e. The largest absolute Gasteiger partial charge is 0.416 e. The molecular formula is C21H23F3N2O3S. The van der Waals surface area contributed by atoms with Crippen LogP contribution in [0.2, 0.25) is 0 Å². The molecule has 2 aromatic carbocycles. The molecule has 1 fully saturated rings. The van der Waals surface area contributed by atoms with E-state index in [0.29, 0.717) is 0 Å². The molecule has 162 valence electrons. The molecular weight excluding hydrogens is 417 g/mol. The van der Waals surface area contributed by atoms with Gasteiger partial charge in [-0.2, -0.15) is 17.5 Å². The van der Waals surface area contributed by atoms with Gasteiger partial charge >= 0.3 is 6.18 Å². The van der Waals surface area contributed by atoms with E-state index in [9.17, 15) is 26.4 Å². The second-order valence-corrected chi connectivity index (χ2v) is 9.37. The number of alkyl halides is 3. The van der Waals surface area contributed by atoms with E-state index >= 15 is 0 Å². The maximum atomic E-state index is 13.0. The summed E-state index contributed by atoms with van der Waals surface area (Å²) in [4.78, 5) is 12.5. The predicted molar refractivity (Wildman–Crippen MR) is 108 cm³/mol. The number of nitrogens with one attached hydrogen (secondary N) is 1. The number of sulfonamides is 1. The number of rotatable bonds is 5. The van der Waals surface area contributed by atoms with Crippen LogP contribution >= 0.6 is 0 Å². The van der Waals surface area contributed by atoms with Crippen LogP contribution in [0, 0.1) is 0 Å². The Bertz CT molecular complexity index is 1020. The number of anilines is 1. The van der Waals surface area contributed by atoms with E-state index in [1.165, 1.54) is 40.7 Å². The molecule has 9 heteroatoms. The summed E-state index contributed by atoms with van der Waals surface area (Å²) in [5.41, 5.74) is -0.862. The average Bonchev–Trinajstić information content (AvgIpc) is 2.73. The van der Waals surface area contributed by atoms with Gasteiger partial charge in [0.05, 0.1) is 10.5 Å². The molecule has 1 N–H and O–H groups in total. The molecule has 1 saturated carbocycles. The number of hydrogen-bond donors (Lipinski definition) is 1. The molecule has 0 bridgehead atoms. The molecule has 0 aromatic heterocycles. The summed E-state index contributed by atoms with van der Waals surface area (Å²) in [5.74, 6) is -0.688. The molecule has 2 aromatic rings. The molecule has 0 saturated heterocycles. The Morgan fingerprint density at radius 3 is 2.37 bits per heavy atom. The van der Waals surface area contributed by atoms with Crippen LogP contribution in [-0.2, 0) is 16.2 Å². The maximum absolute atomic E-state index is 13.0. The van der Waals surface area contributed by atoms with Gasteiger partial charge in [0.25, 0.3) is 5.91 Å². The monoisotopic (exact) mass is 440 g/mol. The molecule has 30 heavy (non-hydrogen) atoms. The summed E-state index contributed by atoms with van der Waals surface area (Å²) >= 11 is 0. The van der Waals surface area contributed by atoms with E-state index in [1.807, 2.05) is 0 Å². The summed E-state index contributed by atoms with van der Waals surface area (Å²) in [7, 11) is -2.25. The van der Waals surface area contributed by atoms with Gasteiger partial charge in [0.15, 0.2) is 0 Å². The van der Waals surface area contributed by atoms with Gasteiger partial charge in [0, 0.05) is 24.3 Å². The Labute approximate surface area is 173 Å². The lowest BCUT2D eigenvalue weighted by Crippen LogP contribution is -2.38. The first-order chi connectivity index (χ1) is 14.1. The summed E-state index contributed by atoms with van der Waals surface area (Å²) in [6.07, 6.45) is 0.110. The maximum Gasteiger partial charge on any atom is 0.416 e. The Kier molecular flexibility index (Phi) is 6.52. The van der Waals surface area contributed by atoms with Crippen LogP contribution in [0.4, 0.5) is 18.9 Å². The second-order valence-electron chi connectivity index (χ2n) is 7.37. The quantitative estimate of drug-likeness (QED) is 0.718. The van der Waals surface area contributed by atoms with Crippen molar-refractivity contribution in [3.05, 3.63) is 59.7 Å². The first-order valence-corrected chi connectivity index (χ1v) is 11.1. The minimum atomic E-state index is -4.53. The molecule has 0 radical (unpaired) electrons. The SMILES string of the molecule is CN(C1CCCCC1)S(=O)(=O)c1cccc(C(=O)Nc2cccc(C(F)(F)F)c2)c1. The third-order valence-electron chi connectivity index (χ3n) is 5.31. The van der Waals surface area contributed by atoms with Gasteiger partial charge < -0.3 is 5.32 Å². The van der Waals surface area contributed by atoms with Gasteiger partial charge in [-0.3, -0.25) is 4.79 Å². The van der Waals surface area contributed by atoms with Crippen molar-refractivity contribution in [1.29, 1.82) is 0 Å². The topological polar surface area (TPSA) is 66.5 Å². The Hall–Kier alpha value is -2.39. The van der Waals surface area contributed by atoms with Crippen molar-refractivity contribution < 1.29 is 26.4 Å².